The minimum atomic E-state index is -0.729. The summed E-state index contributed by atoms with van der Waals surface area (Å²) in [6.07, 6.45) is 0.973. The van der Waals surface area contributed by atoms with Crippen molar-refractivity contribution in [3.63, 3.8) is 0 Å². The van der Waals surface area contributed by atoms with Gasteiger partial charge in [0, 0.05) is 5.92 Å². The van der Waals surface area contributed by atoms with Gasteiger partial charge >= 0.3 is 6.16 Å². The maximum absolute atomic E-state index is 11.9. The van der Waals surface area contributed by atoms with E-state index in [9.17, 15) is 4.79 Å². The predicted octanol–water partition coefficient (Wildman–Crippen LogP) is 2.24. The average molecular weight is 316 g/mol. The molecule has 0 bridgehead atoms. The molecule has 0 fully saturated rings. The maximum atomic E-state index is 11.9. The fourth-order valence-electron chi connectivity index (χ4n) is 2.03. The quantitative estimate of drug-likeness (QED) is 0.776. The van der Waals surface area contributed by atoms with E-state index in [0.717, 1.165) is 5.56 Å². The number of hydrogen-bond acceptors (Lipinski definition) is 7. The first-order valence-corrected chi connectivity index (χ1v) is 7.47. The number of hydrazone groups is 1. The molecule has 122 valence electrons. The number of benzene rings is 1. The van der Waals surface area contributed by atoms with Crippen LogP contribution in [0.1, 0.15) is 25.0 Å². The maximum Gasteiger partial charge on any atom is 0.508 e. The van der Waals surface area contributed by atoms with Crippen molar-refractivity contribution in [2.24, 2.45) is 11.0 Å². The van der Waals surface area contributed by atoms with E-state index in [1.165, 1.54) is 0 Å². The van der Waals surface area contributed by atoms with Crippen molar-refractivity contribution in [3.8, 4) is 6.07 Å². The van der Waals surface area contributed by atoms with Gasteiger partial charge in [-0.2, -0.15) is 10.4 Å². The first kappa shape index (κ1) is 16.6. The summed E-state index contributed by atoms with van der Waals surface area (Å²) in [6.45, 7) is 2.99. The lowest BCUT2D eigenvalue weighted by Gasteiger charge is -2.22. The van der Waals surface area contributed by atoms with Crippen LogP contribution in [0.4, 0.5) is 4.79 Å². The van der Waals surface area contributed by atoms with Gasteiger partial charge in [-0.05, 0) is 18.9 Å². The normalized spacial score (nSPS) is 15.4. The van der Waals surface area contributed by atoms with Gasteiger partial charge in [-0.15, -0.1) is 0 Å². The predicted molar refractivity (Wildman–Crippen MR) is 84.2 cm³/mol. The van der Waals surface area contributed by atoms with Crippen LogP contribution < -0.4 is 5.43 Å². The van der Waals surface area contributed by atoms with E-state index < -0.39 is 12.3 Å². The molecule has 2 atom stereocenters. The van der Waals surface area contributed by atoms with E-state index in [2.05, 4.69) is 16.6 Å². The monoisotopic (exact) mass is 316 g/mol. The molecule has 1 aromatic carbocycles. The summed E-state index contributed by atoms with van der Waals surface area (Å²) >= 11 is 0. The van der Waals surface area contributed by atoms with Crippen LogP contribution in [0.15, 0.2) is 35.4 Å². The van der Waals surface area contributed by atoms with Gasteiger partial charge in [0.2, 0.25) is 0 Å². The average Bonchev–Trinajstić information content (AvgIpc) is 3.08. The largest absolute Gasteiger partial charge is 0.508 e. The lowest BCUT2D eigenvalue weighted by atomic mass is 10.1. The van der Waals surface area contributed by atoms with Crippen LogP contribution in [-0.2, 0) is 9.47 Å². The number of hydrogen-bond donors (Lipinski definition) is 1. The molecule has 2 rings (SSSR count). The van der Waals surface area contributed by atoms with Gasteiger partial charge in [-0.3, -0.25) is 5.43 Å². The lowest BCUT2D eigenvalue weighted by Crippen LogP contribution is -2.30. The van der Waals surface area contributed by atoms with Gasteiger partial charge in [-0.25, -0.2) is 4.79 Å². The Morgan fingerprint density at radius 2 is 2.26 bits per heavy atom. The van der Waals surface area contributed by atoms with Crippen molar-refractivity contribution in [3.05, 3.63) is 35.9 Å². The highest BCUT2D eigenvalue weighted by molar-refractivity contribution is 5.61. The van der Waals surface area contributed by atoms with Crippen LogP contribution in [0.3, 0.4) is 0 Å². The molecule has 2 unspecified atom stereocenters. The Morgan fingerprint density at radius 1 is 1.48 bits per heavy atom. The zero-order chi connectivity index (χ0) is 16.5. The Balaban J connectivity index is 1.90. The Hall–Kier alpha value is -2.75. The molecule has 0 radical (unpaired) electrons. The van der Waals surface area contributed by atoms with Crippen molar-refractivity contribution in [1.82, 2.24) is 10.3 Å². The Morgan fingerprint density at radius 3 is 2.91 bits per heavy atom. The Bertz CT molecular complexity index is 570. The van der Waals surface area contributed by atoms with Gasteiger partial charge in [0.25, 0.3) is 0 Å². The molecule has 0 amide bonds. The summed E-state index contributed by atoms with van der Waals surface area (Å²) in [5, 5.41) is 12.6. The van der Waals surface area contributed by atoms with Gasteiger partial charge in [0.05, 0.1) is 19.2 Å². The van der Waals surface area contributed by atoms with Crippen molar-refractivity contribution < 1.29 is 14.3 Å². The molecule has 7 nitrogen and oxygen atoms in total. The van der Waals surface area contributed by atoms with E-state index in [4.69, 9.17) is 14.7 Å². The van der Waals surface area contributed by atoms with E-state index >= 15 is 0 Å². The molecule has 0 saturated carbocycles. The summed E-state index contributed by atoms with van der Waals surface area (Å²) in [4.78, 5) is 13.8. The SMILES string of the molecule is CC(C#N)CCOC(=O)OC(CN1C=NNC1)c1ccccc1. The molecule has 23 heavy (non-hydrogen) atoms. The molecule has 1 N–H and O–H groups in total. The minimum Gasteiger partial charge on any atom is -0.434 e. The highest BCUT2D eigenvalue weighted by Gasteiger charge is 2.21. The number of ether oxygens (including phenoxy) is 2. The van der Waals surface area contributed by atoms with E-state index in [1.807, 2.05) is 35.2 Å². The fraction of sp³-hybridized carbons (Fsp3) is 0.438. The summed E-state index contributed by atoms with van der Waals surface area (Å²) < 4.78 is 10.5. The van der Waals surface area contributed by atoms with Gasteiger partial charge in [0.1, 0.15) is 19.1 Å². The first-order valence-electron chi connectivity index (χ1n) is 7.47. The number of nitrogens with zero attached hydrogens (tertiary/aromatic N) is 3. The van der Waals surface area contributed by atoms with Crippen LogP contribution in [0.5, 0.6) is 0 Å². The van der Waals surface area contributed by atoms with E-state index in [1.54, 1.807) is 13.3 Å². The molecular weight excluding hydrogens is 296 g/mol. The molecule has 1 aliphatic rings. The third-order valence-electron chi connectivity index (χ3n) is 3.39. The molecule has 0 aliphatic carbocycles. The van der Waals surface area contributed by atoms with Crippen LogP contribution in [-0.4, -0.2) is 37.2 Å². The molecule has 1 aromatic rings. The Labute approximate surface area is 135 Å². The van der Waals surface area contributed by atoms with Crippen molar-refractivity contribution in [1.29, 1.82) is 5.26 Å². The zero-order valence-corrected chi connectivity index (χ0v) is 13.0. The second kappa shape index (κ2) is 8.63. The summed E-state index contributed by atoms with van der Waals surface area (Å²) in [5.74, 6) is -0.153. The van der Waals surface area contributed by atoms with E-state index in [-0.39, 0.29) is 12.5 Å². The van der Waals surface area contributed by atoms with Gasteiger partial charge in [0.15, 0.2) is 0 Å². The minimum absolute atomic E-state index is 0.153. The third-order valence-corrected chi connectivity index (χ3v) is 3.39. The van der Waals surface area contributed by atoms with Crippen LogP contribution in [0.25, 0.3) is 0 Å². The molecule has 0 saturated heterocycles. The molecular formula is C16H20N4O3. The molecule has 1 aliphatic heterocycles. The van der Waals surface area contributed by atoms with Gasteiger partial charge in [-0.1, -0.05) is 30.3 Å². The second-order valence-corrected chi connectivity index (χ2v) is 5.27. The molecule has 0 spiro atoms. The van der Waals surface area contributed by atoms with Crippen LogP contribution in [0, 0.1) is 17.2 Å². The van der Waals surface area contributed by atoms with E-state index in [0.29, 0.717) is 19.6 Å². The second-order valence-electron chi connectivity index (χ2n) is 5.27. The van der Waals surface area contributed by atoms with Crippen LogP contribution in [0.2, 0.25) is 0 Å². The van der Waals surface area contributed by atoms with Crippen LogP contribution >= 0.6 is 0 Å². The summed E-state index contributed by atoms with van der Waals surface area (Å²) in [7, 11) is 0. The zero-order valence-electron chi connectivity index (χ0n) is 13.0. The molecule has 7 heteroatoms. The number of carbonyl (C=O) groups excluding carboxylic acids is 1. The smallest absolute Gasteiger partial charge is 0.434 e. The molecule has 1 heterocycles. The molecule has 0 aromatic heterocycles. The summed E-state index contributed by atoms with van der Waals surface area (Å²) in [5.41, 5.74) is 3.71. The van der Waals surface area contributed by atoms with Gasteiger partial charge < -0.3 is 14.4 Å². The van der Waals surface area contributed by atoms with Crippen molar-refractivity contribution >= 4 is 12.5 Å². The number of nitrogens with one attached hydrogen (secondary N) is 1. The number of rotatable bonds is 7. The fourth-order valence-corrected chi connectivity index (χ4v) is 2.03. The standard InChI is InChI=1S/C16H20N4O3/c1-13(9-17)7-8-22-16(21)23-15(10-20-11-18-19-12-20)14-5-3-2-4-6-14/h2-6,11,13,15,19H,7-8,10,12H2,1H3. The number of nitriles is 1. The number of carbonyl (C=O) groups is 1. The third kappa shape index (κ3) is 5.51. The first-order chi connectivity index (χ1) is 11.2. The lowest BCUT2D eigenvalue weighted by molar-refractivity contribution is 0.0151. The topological polar surface area (TPSA) is 86.9 Å². The Kier molecular flexibility index (Phi) is 6.24. The highest BCUT2D eigenvalue weighted by atomic mass is 16.7. The van der Waals surface area contributed by atoms with Crippen molar-refractivity contribution in [2.45, 2.75) is 19.4 Å². The summed E-state index contributed by atoms with van der Waals surface area (Å²) in [6, 6.07) is 11.6. The highest BCUT2D eigenvalue weighted by Crippen LogP contribution is 2.19. The van der Waals surface area contributed by atoms with Crippen molar-refractivity contribution in [2.75, 3.05) is 19.8 Å².